The molecule has 3 aliphatic carbocycles. The van der Waals surface area contributed by atoms with Crippen molar-refractivity contribution in [2.24, 2.45) is 17.6 Å². The van der Waals surface area contributed by atoms with E-state index in [2.05, 4.69) is 13.2 Å². The van der Waals surface area contributed by atoms with Crippen molar-refractivity contribution in [3.8, 4) is 5.75 Å². The number of carbonyl (C=O) groups excluding carboxylic acids is 3. The van der Waals surface area contributed by atoms with Crippen molar-refractivity contribution in [2.75, 3.05) is 19.3 Å². The summed E-state index contributed by atoms with van der Waals surface area (Å²) in [4.78, 5) is 42.0. The number of hydrogen-bond acceptors (Lipinski definition) is 10. The van der Waals surface area contributed by atoms with Crippen LogP contribution in [0.25, 0.3) is 5.76 Å². The summed E-state index contributed by atoms with van der Waals surface area (Å²) in [6.45, 7) is 9.53. The zero-order valence-electron chi connectivity index (χ0n) is 22.1. The van der Waals surface area contributed by atoms with Gasteiger partial charge in [0.1, 0.15) is 22.8 Å². The highest BCUT2D eigenvalue weighted by molar-refractivity contribution is 8.03. The van der Waals surface area contributed by atoms with Gasteiger partial charge >= 0.3 is 0 Å². The molecule has 7 N–H and O–H groups in total. The minimum Gasteiger partial charge on any atom is -0.508 e. The van der Waals surface area contributed by atoms with Gasteiger partial charge < -0.3 is 31.3 Å². The summed E-state index contributed by atoms with van der Waals surface area (Å²) in [5, 5.41) is 56.9. The van der Waals surface area contributed by atoms with Gasteiger partial charge in [-0.05, 0) is 31.3 Å². The zero-order chi connectivity index (χ0) is 29.7. The second kappa shape index (κ2) is 10.7. The first-order chi connectivity index (χ1) is 18.8. The molecule has 0 aliphatic heterocycles. The predicted molar refractivity (Wildman–Crippen MR) is 150 cm³/mol. The van der Waals surface area contributed by atoms with Gasteiger partial charge in [-0.25, -0.2) is 0 Å². The van der Waals surface area contributed by atoms with Gasteiger partial charge in [-0.3, -0.25) is 19.3 Å². The lowest BCUT2D eigenvalue weighted by Gasteiger charge is -2.54. The average molecular weight is 569 g/mol. The Morgan fingerprint density at radius 1 is 1.25 bits per heavy atom. The molecular weight excluding hydrogens is 536 g/mol. The fourth-order valence-corrected chi connectivity index (χ4v) is 7.08. The van der Waals surface area contributed by atoms with Gasteiger partial charge in [0.05, 0.1) is 23.6 Å². The number of allylic oxidation sites excluding steroid dienone is 3. The van der Waals surface area contributed by atoms with Crippen molar-refractivity contribution in [2.45, 2.75) is 30.6 Å². The van der Waals surface area contributed by atoms with Crippen molar-refractivity contribution in [3.63, 3.8) is 0 Å². The number of ketones is 2. The number of hydrogen-bond donors (Lipinski definition) is 6. The minimum atomic E-state index is -2.96. The Bertz CT molecular complexity index is 1410. The molecule has 0 saturated heterocycles. The van der Waals surface area contributed by atoms with Crippen LogP contribution in [-0.2, 0) is 14.4 Å². The van der Waals surface area contributed by atoms with Crippen LogP contribution in [-0.4, -0.2) is 85.0 Å². The predicted octanol–water partition coefficient (Wildman–Crippen LogP) is 1.86. The van der Waals surface area contributed by atoms with Gasteiger partial charge in [0.25, 0.3) is 5.91 Å². The molecule has 10 nitrogen and oxygen atoms in total. The Hall–Kier alpha value is -3.64. The monoisotopic (exact) mass is 568 g/mol. The van der Waals surface area contributed by atoms with E-state index in [1.165, 1.54) is 29.8 Å². The Morgan fingerprint density at radius 2 is 1.93 bits per heavy atom. The molecule has 0 bridgehead atoms. The molecule has 1 saturated carbocycles. The minimum absolute atomic E-state index is 0.0538. The lowest BCUT2D eigenvalue weighted by Crippen LogP contribution is -2.71. The number of benzene rings is 1. The Morgan fingerprint density at radius 3 is 2.52 bits per heavy atom. The number of primary amides is 1. The summed E-state index contributed by atoms with van der Waals surface area (Å²) in [5.74, 6) is -9.01. The van der Waals surface area contributed by atoms with Crippen molar-refractivity contribution in [3.05, 3.63) is 82.5 Å². The van der Waals surface area contributed by atoms with Gasteiger partial charge in [0.2, 0.25) is 5.78 Å². The van der Waals surface area contributed by atoms with E-state index in [0.29, 0.717) is 10.5 Å². The van der Waals surface area contributed by atoms with Crippen LogP contribution in [0.5, 0.6) is 5.75 Å². The van der Waals surface area contributed by atoms with Crippen LogP contribution in [0.3, 0.4) is 0 Å². The smallest absolute Gasteiger partial charge is 0.255 e. The van der Waals surface area contributed by atoms with Gasteiger partial charge in [-0.1, -0.05) is 44.4 Å². The highest BCUT2D eigenvalue weighted by Gasteiger charge is 2.68. The lowest BCUT2D eigenvalue weighted by molar-refractivity contribution is -0.170. The number of carbonyl (C=O) groups is 3. The number of nitrogens with two attached hydrogens (primary N) is 1. The molecule has 6 atom stereocenters. The number of phenols is 1. The number of phenolic OH excluding ortho intramolecular Hbond substituents is 1. The molecule has 11 heteroatoms. The molecule has 0 radical (unpaired) electrons. The van der Waals surface area contributed by atoms with Crippen LogP contribution in [0.4, 0.5) is 0 Å². The van der Waals surface area contributed by atoms with E-state index in [9.17, 15) is 39.9 Å². The van der Waals surface area contributed by atoms with Crippen LogP contribution in [0.2, 0.25) is 0 Å². The Balaban J connectivity index is 1.99. The summed E-state index contributed by atoms with van der Waals surface area (Å²) in [6.07, 6.45) is 3.32. The van der Waals surface area contributed by atoms with Crippen molar-refractivity contribution in [1.82, 2.24) is 4.90 Å². The highest BCUT2D eigenvalue weighted by atomic mass is 32.2. The lowest BCUT2D eigenvalue weighted by atomic mass is 9.54. The maximum atomic E-state index is 14.2. The number of aliphatic hydroxyl groups is 4. The summed E-state index contributed by atoms with van der Waals surface area (Å²) in [7, 11) is 1.52. The molecule has 1 aromatic rings. The largest absolute Gasteiger partial charge is 0.508 e. The van der Waals surface area contributed by atoms with Crippen molar-refractivity contribution in [1.29, 1.82) is 0 Å². The number of Topliss-reactive ketones (excluding diaryl/α,β-unsaturated/α-hetero) is 2. The summed E-state index contributed by atoms with van der Waals surface area (Å²) < 4.78 is 0. The van der Waals surface area contributed by atoms with E-state index in [0.717, 1.165) is 0 Å². The van der Waals surface area contributed by atoms with Crippen LogP contribution in [0, 0.1) is 11.8 Å². The number of likely N-dealkylation sites (N-methyl/N-ethyl adjacent to an activating group) is 1. The van der Waals surface area contributed by atoms with Crippen LogP contribution in [0.15, 0.2) is 71.4 Å². The third-order valence-corrected chi connectivity index (χ3v) is 9.11. The van der Waals surface area contributed by atoms with Gasteiger partial charge in [-0.2, -0.15) is 0 Å². The highest BCUT2D eigenvalue weighted by Crippen LogP contribution is 2.56. The van der Waals surface area contributed by atoms with Crippen LogP contribution in [0.1, 0.15) is 24.0 Å². The third-order valence-electron chi connectivity index (χ3n) is 8.08. The maximum absolute atomic E-state index is 14.2. The van der Waals surface area contributed by atoms with E-state index in [1.807, 2.05) is 0 Å². The first-order valence-electron chi connectivity index (χ1n) is 12.6. The van der Waals surface area contributed by atoms with E-state index >= 15 is 0 Å². The standard InChI is InChI=1S/C29H32N2O8S/c1-5-7-9-13(3)40-12-15-14-10-8-11-16(32)17(14)23(33)19-18(15)24(34)21-22(31(4)6-2)25(35)20(28(30)38)27(37)29(21,39)26(19)36/h5,7-11,15,18,21-22,24,32-34,37,39H,1,3,6,12H2,2,4H3,(H2,30,38)/b9-7-/t15?,18?,21?,22-,24?,29-/m0/s1. The van der Waals surface area contributed by atoms with Gasteiger partial charge in [-0.15, -0.1) is 11.8 Å². The fraction of sp³-hybridized carbons (Fsp3) is 0.345. The van der Waals surface area contributed by atoms with E-state index < -0.39 is 75.6 Å². The molecule has 3 aliphatic rings. The number of nitrogens with zero attached hydrogens (tertiary/aromatic N) is 1. The molecule has 212 valence electrons. The van der Waals surface area contributed by atoms with Gasteiger partial charge in [0, 0.05) is 28.1 Å². The van der Waals surface area contributed by atoms with Crippen LogP contribution >= 0.6 is 11.8 Å². The average Bonchev–Trinajstić information content (AvgIpc) is 2.90. The number of rotatable bonds is 8. The second-order valence-electron chi connectivity index (χ2n) is 10.1. The van der Waals surface area contributed by atoms with Crippen molar-refractivity contribution < 1.29 is 39.9 Å². The molecule has 0 spiro atoms. The molecule has 4 rings (SSSR count). The van der Waals surface area contributed by atoms with Crippen LogP contribution < -0.4 is 5.73 Å². The second-order valence-corrected chi connectivity index (χ2v) is 11.2. The van der Waals surface area contributed by atoms with E-state index in [4.69, 9.17) is 5.73 Å². The maximum Gasteiger partial charge on any atom is 0.255 e. The summed E-state index contributed by atoms with van der Waals surface area (Å²) in [5.41, 5.74) is 1.44. The van der Waals surface area contributed by atoms with E-state index in [-0.39, 0.29) is 23.6 Å². The molecule has 1 fully saturated rings. The quantitative estimate of drug-likeness (QED) is 0.200. The number of thioether (sulfide) groups is 1. The Kier molecular flexibility index (Phi) is 7.88. The molecule has 40 heavy (non-hydrogen) atoms. The third kappa shape index (κ3) is 4.21. The summed E-state index contributed by atoms with van der Waals surface area (Å²) in [6, 6.07) is 3.13. The fourth-order valence-electron chi connectivity index (χ4n) is 6.13. The first-order valence-corrected chi connectivity index (χ1v) is 13.6. The first kappa shape index (κ1) is 29.3. The molecule has 1 aromatic carbocycles. The number of fused-ring (bicyclic) bond motifs is 3. The van der Waals surface area contributed by atoms with E-state index in [1.54, 1.807) is 37.3 Å². The number of aliphatic hydroxyl groups excluding tert-OH is 3. The number of amides is 1. The Labute approximate surface area is 235 Å². The van der Waals surface area contributed by atoms with Crippen molar-refractivity contribution >= 4 is 35.0 Å². The number of aromatic hydroxyl groups is 1. The molecule has 0 heterocycles. The molecule has 4 unspecified atom stereocenters. The van der Waals surface area contributed by atoms with Gasteiger partial charge in [0.15, 0.2) is 11.4 Å². The topological polar surface area (TPSA) is 182 Å². The summed E-state index contributed by atoms with van der Waals surface area (Å²) >= 11 is 1.30. The normalized spacial score (nSPS) is 29.9. The SMILES string of the molecule is C=C/C=C\C(=C)SCC1c2cccc(O)c2C(O)=C2C(=O)[C@]3(O)C(O)=C(C(N)=O)C(=O)[C@@H](N(C)CC)C3C(O)C21. The molecule has 1 amide bonds. The zero-order valence-corrected chi connectivity index (χ0v) is 22.9. The molecule has 0 aromatic heterocycles. The molecular formula is C29H32N2O8S.